The molecule has 0 radical (unpaired) electrons. The van der Waals surface area contributed by atoms with Crippen molar-refractivity contribution >= 4 is 37.1 Å². The molecule has 1 aromatic heterocycles. The number of hydrogen-bond acceptors (Lipinski definition) is 10. The van der Waals surface area contributed by atoms with Crippen LogP contribution in [0.25, 0.3) is 0 Å². The Morgan fingerprint density at radius 1 is 1.48 bits per heavy atom. The summed E-state index contributed by atoms with van der Waals surface area (Å²) >= 11 is 0.583. The van der Waals surface area contributed by atoms with Gasteiger partial charge in [-0.2, -0.15) is 0 Å². The van der Waals surface area contributed by atoms with Gasteiger partial charge in [0, 0.05) is 11.6 Å². The predicted molar refractivity (Wildman–Crippen MR) is 94.9 cm³/mol. The quantitative estimate of drug-likeness (QED) is 0.428. The molecule has 1 aromatic rings. The van der Waals surface area contributed by atoms with Crippen LogP contribution >= 0.6 is 11.3 Å². The van der Waals surface area contributed by atoms with Crippen LogP contribution in [0.2, 0.25) is 0 Å². The van der Waals surface area contributed by atoms with E-state index in [9.17, 15) is 31.7 Å². The molecule has 0 aromatic carbocycles. The first-order valence-corrected chi connectivity index (χ1v) is 11.8. The van der Waals surface area contributed by atoms with Gasteiger partial charge in [-0.15, -0.1) is 21.5 Å². The minimum Gasteiger partial charge on any atom is -0.313 e. The van der Waals surface area contributed by atoms with Crippen LogP contribution < -0.4 is 10.0 Å². The highest BCUT2D eigenvalue weighted by atomic mass is 32.3. The Morgan fingerprint density at radius 3 is 2.74 bits per heavy atom. The van der Waals surface area contributed by atoms with Crippen molar-refractivity contribution in [3.63, 3.8) is 0 Å². The second-order valence-electron chi connectivity index (χ2n) is 5.85. The smallest absolute Gasteiger partial charge is 0.294 e. The van der Waals surface area contributed by atoms with E-state index in [0.717, 1.165) is 0 Å². The fourth-order valence-corrected chi connectivity index (χ4v) is 7.65. The molecular weight excluding hydrogens is 422 g/mol. The lowest BCUT2D eigenvalue weighted by Gasteiger charge is -2.27. The van der Waals surface area contributed by atoms with Gasteiger partial charge in [0.05, 0.1) is 11.7 Å². The van der Waals surface area contributed by atoms with Crippen LogP contribution in [0, 0.1) is 10.1 Å². The molecule has 0 saturated carbocycles. The van der Waals surface area contributed by atoms with Gasteiger partial charge in [0.2, 0.25) is 5.91 Å². The molecule has 1 aliphatic heterocycles. The minimum atomic E-state index is -4.31. The average molecular weight is 442 g/mol. The van der Waals surface area contributed by atoms with Gasteiger partial charge in [0.25, 0.3) is 15.1 Å². The number of rotatable bonds is 8. The van der Waals surface area contributed by atoms with Crippen LogP contribution in [-0.4, -0.2) is 46.2 Å². The Hall–Kier alpha value is -1.77. The third kappa shape index (κ3) is 4.75. The van der Waals surface area contributed by atoms with Gasteiger partial charge in [-0.05, 0) is 26.0 Å². The zero-order valence-electron chi connectivity index (χ0n) is 14.5. The molecule has 0 bridgehead atoms. The molecular formula is C13H19N3O8S3. The summed E-state index contributed by atoms with van der Waals surface area (Å²) in [4.78, 5) is 25.7. The number of nitrogens with one attached hydrogen (secondary N) is 2. The van der Waals surface area contributed by atoms with E-state index >= 15 is 0 Å². The van der Waals surface area contributed by atoms with E-state index in [1.807, 2.05) is 6.92 Å². The average Bonchev–Trinajstić information content (AvgIpc) is 2.99. The zero-order chi connectivity index (χ0) is 20.4. The van der Waals surface area contributed by atoms with Crippen molar-refractivity contribution < 1.29 is 31.6 Å². The lowest BCUT2D eigenvalue weighted by atomic mass is 10.1. The summed E-state index contributed by atoms with van der Waals surface area (Å²) in [6.07, 6.45) is -0.232. The molecule has 1 unspecified atom stereocenters. The van der Waals surface area contributed by atoms with Crippen molar-refractivity contribution in [3.05, 3.63) is 21.7 Å². The summed E-state index contributed by atoms with van der Waals surface area (Å²) in [7, 11) is -7.97. The van der Waals surface area contributed by atoms with Gasteiger partial charge >= 0.3 is 0 Å². The Kier molecular flexibility index (Phi) is 6.44. The van der Waals surface area contributed by atoms with Crippen LogP contribution in [0.1, 0.15) is 38.3 Å². The number of carbonyl (C=O) groups excluding carboxylic acids is 1. The first-order valence-electron chi connectivity index (χ1n) is 7.93. The fourth-order valence-electron chi connectivity index (χ4n) is 2.64. The zero-order valence-corrected chi connectivity index (χ0v) is 16.9. The number of carbonyl (C=O) groups is 1. The molecule has 0 aliphatic carbocycles. The highest BCUT2D eigenvalue weighted by Gasteiger charge is 2.39. The molecule has 27 heavy (non-hydrogen) atoms. The second kappa shape index (κ2) is 8.08. The van der Waals surface area contributed by atoms with Crippen molar-refractivity contribution in [1.29, 1.82) is 0 Å². The number of sulfonamides is 1. The number of hydrogen-bond donors (Lipinski definition) is 2. The molecule has 2 heterocycles. The van der Waals surface area contributed by atoms with Gasteiger partial charge in [-0.1, -0.05) is 6.92 Å². The van der Waals surface area contributed by atoms with Crippen LogP contribution in [0.3, 0.4) is 0 Å². The molecule has 1 aliphatic rings. The minimum absolute atomic E-state index is 0.0308. The van der Waals surface area contributed by atoms with E-state index in [2.05, 4.69) is 10.2 Å². The van der Waals surface area contributed by atoms with Crippen LogP contribution in [0.4, 0.5) is 0 Å². The normalized spacial score (nSPS) is 21.3. The maximum absolute atomic E-state index is 12.5. The predicted octanol–water partition coefficient (Wildman–Crippen LogP) is 0.368. The van der Waals surface area contributed by atoms with Crippen molar-refractivity contribution in [3.8, 4) is 0 Å². The van der Waals surface area contributed by atoms with Crippen LogP contribution in [-0.2, 0) is 29.5 Å². The topological polar surface area (TPSA) is 162 Å². The molecule has 0 spiro atoms. The van der Waals surface area contributed by atoms with Crippen molar-refractivity contribution in [2.45, 2.75) is 46.4 Å². The van der Waals surface area contributed by atoms with E-state index in [1.165, 1.54) is 6.07 Å². The molecule has 14 heteroatoms. The first-order chi connectivity index (χ1) is 12.5. The molecule has 1 amide bonds. The number of sulfone groups is 1. The van der Waals surface area contributed by atoms with Crippen molar-refractivity contribution in [1.82, 2.24) is 10.0 Å². The summed E-state index contributed by atoms with van der Waals surface area (Å²) in [5.41, 5.74) is 0.365. The Balaban J connectivity index is 2.28. The molecule has 2 N–H and O–H groups in total. The van der Waals surface area contributed by atoms with E-state index in [-0.39, 0.29) is 14.5 Å². The van der Waals surface area contributed by atoms with Gasteiger partial charge in [-0.3, -0.25) is 4.79 Å². The summed E-state index contributed by atoms with van der Waals surface area (Å²) in [6, 6.07) is 0.938. The molecule has 11 nitrogen and oxygen atoms in total. The highest BCUT2D eigenvalue weighted by Crippen LogP contribution is 2.42. The largest absolute Gasteiger partial charge is 0.313 e. The number of thiophene rings is 1. The third-order valence-electron chi connectivity index (χ3n) is 3.92. The summed E-state index contributed by atoms with van der Waals surface area (Å²) < 4.78 is 51.3. The van der Waals surface area contributed by atoms with E-state index < -0.39 is 49.1 Å². The SMILES string of the molecule is CCN[C@H]1CC(C)S(=O)(=O)c2sc(S(=O)(=O)NC(=O)CCO[N+](=O)[O-])cc21. The third-order valence-corrected chi connectivity index (χ3v) is 9.67. The summed E-state index contributed by atoms with van der Waals surface area (Å²) in [5.74, 6) is -0.998. The molecule has 152 valence electrons. The highest BCUT2D eigenvalue weighted by molar-refractivity contribution is 7.95. The Bertz CT molecular complexity index is 938. The van der Waals surface area contributed by atoms with E-state index in [1.54, 1.807) is 11.6 Å². The number of fused-ring (bicyclic) bond motifs is 1. The van der Waals surface area contributed by atoms with Gasteiger partial charge in [-0.25, -0.2) is 21.6 Å². The Labute approximate surface area is 160 Å². The molecule has 2 rings (SSSR count). The molecule has 0 saturated heterocycles. The van der Waals surface area contributed by atoms with Gasteiger partial charge in [0.15, 0.2) is 9.84 Å². The monoisotopic (exact) mass is 441 g/mol. The standard InChI is InChI=1S/C13H19N3O8S3/c1-3-14-10-6-8(2)26(20,21)13-9(10)7-12(25-13)27(22,23)15-11(17)4-5-24-16(18)19/h7-8,10,14H,3-6H2,1-2H3,(H,15,17)/t8?,10-/m0/s1. The maximum Gasteiger partial charge on any atom is 0.294 e. The van der Waals surface area contributed by atoms with Crippen molar-refractivity contribution in [2.24, 2.45) is 0 Å². The van der Waals surface area contributed by atoms with Gasteiger partial charge in [0.1, 0.15) is 15.0 Å². The second-order valence-corrected chi connectivity index (χ2v) is 11.4. The molecule has 0 fully saturated rings. The van der Waals surface area contributed by atoms with Crippen molar-refractivity contribution in [2.75, 3.05) is 13.2 Å². The fraction of sp³-hybridized carbons (Fsp3) is 0.615. The first kappa shape index (κ1) is 21.5. The van der Waals surface area contributed by atoms with Gasteiger partial charge < -0.3 is 10.2 Å². The van der Waals surface area contributed by atoms with Crippen LogP contribution in [0.5, 0.6) is 0 Å². The lowest BCUT2D eigenvalue weighted by Crippen LogP contribution is -2.33. The summed E-state index contributed by atoms with van der Waals surface area (Å²) in [5, 5.41) is 11.4. The lowest BCUT2D eigenvalue weighted by molar-refractivity contribution is -0.757. The summed E-state index contributed by atoms with van der Waals surface area (Å²) in [6.45, 7) is 3.39. The van der Waals surface area contributed by atoms with E-state index in [0.29, 0.717) is 29.9 Å². The maximum atomic E-state index is 12.5. The Morgan fingerprint density at radius 2 is 2.15 bits per heavy atom. The van der Waals surface area contributed by atoms with Crippen LogP contribution in [0.15, 0.2) is 14.5 Å². The molecule has 2 atom stereocenters. The number of nitrogens with zero attached hydrogens (tertiary/aromatic N) is 1. The number of amides is 1. The van der Waals surface area contributed by atoms with E-state index in [4.69, 9.17) is 0 Å².